The molecule has 5 nitrogen and oxygen atoms in total. The molecule has 2 aromatic rings. The molecule has 0 aliphatic heterocycles. The summed E-state index contributed by atoms with van der Waals surface area (Å²) >= 11 is 9.39. The topological polar surface area (TPSA) is 59.8 Å². The van der Waals surface area contributed by atoms with Crippen LogP contribution in [0.5, 0.6) is 0 Å². The van der Waals surface area contributed by atoms with E-state index < -0.39 is 0 Å². The fraction of sp³-hybridized carbons (Fsp3) is 0.182. The predicted molar refractivity (Wildman–Crippen MR) is 72.5 cm³/mol. The molecule has 0 fully saturated rings. The zero-order valence-corrected chi connectivity index (χ0v) is 11.9. The van der Waals surface area contributed by atoms with E-state index in [1.165, 1.54) is 10.9 Å². The SMILES string of the molecule is Cc1cc(Br)c(NC(=O)Cn2ccnn2)cc1Cl. The first-order valence-corrected chi connectivity index (χ1v) is 6.33. The van der Waals surface area contributed by atoms with Crippen molar-refractivity contribution >= 4 is 39.1 Å². The van der Waals surface area contributed by atoms with Crippen LogP contribution in [0, 0.1) is 6.92 Å². The molecule has 1 N–H and O–H groups in total. The maximum atomic E-state index is 11.8. The highest BCUT2D eigenvalue weighted by Gasteiger charge is 2.09. The zero-order chi connectivity index (χ0) is 13.1. The van der Waals surface area contributed by atoms with E-state index in [1.807, 2.05) is 13.0 Å². The monoisotopic (exact) mass is 328 g/mol. The van der Waals surface area contributed by atoms with E-state index in [9.17, 15) is 4.79 Å². The van der Waals surface area contributed by atoms with Gasteiger partial charge >= 0.3 is 0 Å². The van der Waals surface area contributed by atoms with Gasteiger partial charge in [-0.15, -0.1) is 5.10 Å². The lowest BCUT2D eigenvalue weighted by atomic mass is 10.2. The van der Waals surface area contributed by atoms with Crippen LogP contribution in [0.3, 0.4) is 0 Å². The smallest absolute Gasteiger partial charge is 0.246 e. The Bertz CT molecular complexity index is 571. The largest absolute Gasteiger partial charge is 0.323 e. The number of hydrogen-bond donors (Lipinski definition) is 1. The van der Waals surface area contributed by atoms with E-state index in [0.29, 0.717) is 10.7 Å². The summed E-state index contributed by atoms with van der Waals surface area (Å²) in [7, 11) is 0. The van der Waals surface area contributed by atoms with Crippen molar-refractivity contribution in [2.75, 3.05) is 5.32 Å². The molecule has 2 rings (SSSR count). The summed E-state index contributed by atoms with van der Waals surface area (Å²) in [4.78, 5) is 11.8. The highest BCUT2D eigenvalue weighted by Crippen LogP contribution is 2.29. The molecule has 1 aromatic carbocycles. The normalized spacial score (nSPS) is 10.4. The summed E-state index contributed by atoms with van der Waals surface area (Å²) in [6.45, 7) is 2.01. The minimum Gasteiger partial charge on any atom is -0.323 e. The van der Waals surface area contributed by atoms with E-state index in [-0.39, 0.29) is 12.5 Å². The number of benzene rings is 1. The average molecular weight is 330 g/mol. The van der Waals surface area contributed by atoms with Crippen molar-refractivity contribution in [3.63, 3.8) is 0 Å². The van der Waals surface area contributed by atoms with Crippen LogP contribution in [0.25, 0.3) is 0 Å². The van der Waals surface area contributed by atoms with Crippen molar-refractivity contribution in [1.82, 2.24) is 15.0 Å². The number of rotatable bonds is 3. The minimum absolute atomic E-state index is 0.109. The van der Waals surface area contributed by atoms with Crippen LogP contribution in [-0.4, -0.2) is 20.9 Å². The number of nitrogens with one attached hydrogen (secondary N) is 1. The van der Waals surface area contributed by atoms with Crippen LogP contribution in [0.15, 0.2) is 29.0 Å². The Labute approximate surface area is 117 Å². The van der Waals surface area contributed by atoms with Gasteiger partial charge in [-0.25, -0.2) is 4.68 Å². The van der Waals surface area contributed by atoms with Crippen LogP contribution in [0.4, 0.5) is 5.69 Å². The second-order valence-corrected chi connectivity index (χ2v) is 4.99. The number of aromatic nitrogens is 3. The van der Waals surface area contributed by atoms with Gasteiger partial charge in [0.05, 0.1) is 11.9 Å². The first kappa shape index (κ1) is 13.0. The van der Waals surface area contributed by atoms with Crippen LogP contribution in [0.2, 0.25) is 5.02 Å². The molecule has 18 heavy (non-hydrogen) atoms. The minimum atomic E-state index is -0.193. The lowest BCUT2D eigenvalue weighted by molar-refractivity contribution is -0.116. The van der Waals surface area contributed by atoms with Gasteiger partial charge < -0.3 is 5.32 Å². The fourth-order valence-corrected chi connectivity index (χ4v) is 2.12. The molecule has 0 saturated carbocycles. The molecule has 0 saturated heterocycles. The molecule has 7 heteroatoms. The first-order valence-electron chi connectivity index (χ1n) is 5.16. The molecule has 0 aliphatic carbocycles. The Kier molecular flexibility index (Phi) is 3.98. The van der Waals surface area contributed by atoms with Crippen LogP contribution in [0.1, 0.15) is 5.56 Å². The Balaban J connectivity index is 2.09. The van der Waals surface area contributed by atoms with E-state index in [2.05, 4.69) is 31.6 Å². The van der Waals surface area contributed by atoms with Crippen molar-refractivity contribution < 1.29 is 4.79 Å². The van der Waals surface area contributed by atoms with Gasteiger partial charge in [0.1, 0.15) is 6.54 Å². The molecule has 1 amide bonds. The standard InChI is InChI=1S/C11H10BrClN4O/c1-7-4-8(12)10(5-9(7)13)15-11(18)6-17-3-2-14-16-17/h2-5H,6H2,1H3,(H,15,18). The number of aryl methyl sites for hydroxylation is 1. The number of anilines is 1. The summed E-state index contributed by atoms with van der Waals surface area (Å²) < 4.78 is 2.23. The van der Waals surface area contributed by atoms with Gasteiger partial charge in [-0.1, -0.05) is 16.8 Å². The molecule has 0 radical (unpaired) electrons. The summed E-state index contributed by atoms with van der Waals surface area (Å²) in [6, 6.07) is 3.56. The molecule has 94 valence electrons. The third-order valence-electron chi connectivity index (χ3n) is 2.30. The fourth-order valence-electron chi connectivity index (χ4n) is 1.40. The maximum Gasteiger partial charge on any atom is 0.246 e. The summed E-state index contributed by atoms with van der Waals surface area (Å²) in [5.41, 5.74) is 1.58. The van der Waals surface area contributed by atoms with Gasteiger partial charge in [-0.05, 0) is 40.5 Å². The molecule has 0 bridgehead atoms. The highest BCUT2D eigenvalue weighted by molar-refractivity contribution is 9.10. The van der Waals surface area contributed by atoms with Crippen molar-refractivity contribution in [3.05, 3.63) is 39.6 Å². The molecule has 0 unspecified atom stereocenters. The van der Waals surface area contributed by atoms with Crippen LogP contribution >= 0.6 is 27.5 Å². The quantitative estimate of drug-likeness (QED) is 0.941. The van der Waals surface area contributed by atoms with Crippen LogP contribution < -0.4 is 5.32 Å². The molecular formula is C11H10BrClN4O. The third kappa shape index (κ3) is 3.08. The van der Waals surface area contributed by atoms with E-state index in [4.69, 9.17) is 11.6 Å². The van der Waals surface area contributed by atoms with Gasteiger partial charge in [0, 0.05) is 15.7 Å². The number of carbonyl (C=O) groups excluding carboxylic acids is 1. The Hall–Kier alpha value is -1.40. The third-order valence-corrected chi connectivity index (χ3v) is 3.36. The lowest BCUT2D eigenvalue weighted by Gasteiger charge is -2.09. The molecule has 0 spiro atoms. The number of nitrogens with zero attached hydrogens (tertiary/aromatic N) is 3. The summed E-state index contributed by atoms with van der Waals surface area (Å²) in [5, 5.41) is 10.7. The Morgan fingerprint density at radius 2 is 2.33 bits per heavy atom. The second-order valence-electron chi connectivity index (χ2n) is 3.73. The predicted octanol–water partition coefficient (Wildman–Crippen LogP) is 2.64. The molecule has 1 aromatic heterocycles. The van der Waals surface area contributed by atoms with Crippen molar-refractivity contribution in [2.24, 2.45) is 0 Å². The van der Waals surface area contributed by atoms with Crippen molar-refractivity contribution in [1.29, 1.82) is 0 Å². The number of amides is 1. The van der Waals surface area contributed by atoms with E-state index in [1.54, 1.807) is 12.3 Å². The van der Waals surface area contributed by atoms with Gasteiger partial charge in [-0.3, -0.25) is 4.79 Å². The van der Waals surface area contributed by atoms with Crippen LogP contribution in [-0.2, 0) is 11.3 Å². The van der Waals surface area contributed by atoms with Gasteiger partial charge in [-0.2, -0.15) is 0 Å². The summed E-state index contributed by atoms with van der Waals surface area (Å²) in [6.07, 6.45) is 3.14. The Morgan fingerprint density at radius 3 is 3.00 bits per heavy atom. The van der Waals surface area contributed by atoms with Gasteiger partial charge in [0.15, 0.2) is 0 Å². The number of hydrogen-bond acceptors (Lipinski definition) is 3. The van der Waals surface area contributed by atoms with E-state index >= 15 is 0 Å². The number of halogens is 2. The number of carbonyl (C=O) groups is 1. The molecule has 0 aliphatic rings. The zero-order valence-electron chi connectivity index (χ0n) is 9.52. The molecular weight excluding hydrogens is 320 g/mol. The Morgan fingerprint density at radius 1 is 1.56 bits per heavy atom. The first-order chi connectivity index (χ1) is 8.56. The van der Waals surface area contributed by atoms with E-state index in [0.717, 1.165) is 10.0 Å². The van der Waals surface area contributed by atoms with Gasteiger partial charge in [0.2, 0.25) is 5.91 Å². The average Bonchev–Trinajstić information content (AvgIpc) is 2.78. The van der Waals surface area contributed by atoms with Crippen molar-refractivity contribution in [2.45, 2.75) is 13.5 Å². The lowest BCUT2D eigenvalue weighted by Crippen LogP contribution is -2.19. The second kappa shape index (κ2) is 5.49. The maximum absolute atomic E-state index is 11.8. The van der Waals surface area contributed by atoms with Crippen molar-refractivity contribution in [3.8, 4) is 0 Å². The highest BCUT2D eigenvalue weighted by atomic mass is 79.9. The molecule has 0 atom stereocenters. The van der Waals surface area contributed by atoms with Gasteiger partial charge in [0.25, 0.3) is 0 Å². The summed E-state index contributed by atoms with van der Waals surface area (Å²) in [5.74, 6) is -0.193. The molecule has 1 heterocycles.